The van der Waals surface area contributed by atoms with Crippen LogP contribution in [0, 0.1) is 6.92 Å². The van der Waals surface area contributed by atoms with Gasteiger partial charge in [0.2, 0.25) is 0 Å². The zero-order valence-corrected chi connectivity index (χ0v) is 10.5. The number of benzene rings is 1. The molecule has 0 saturated heterocycles. The number of aryl methyl sites for hydroxylation is 1. The first-order chi connectivity index (χ1) is 9.16. The van der Waals surface area contributed by atoms with Crippen LogP contribution < -0.4 is 11.0 Å². The Morgan fingerprint density at radius 1 is 1.16 bits per heavy atom. The Hall–Kier alpha value is -2.56. The number of aromatic nitrogens is 1. The molecule has 5 nitrogen and oxygen atoms in total. The minimum atomic E-state index is -0.666. The Morgan fingerprint density at radius 2 is 1.89 bits per heavy atom. The number of hydrogen-bond acceptors (Lipinski definition) is 3. The molecule has 0 unspecified atom stereocenters. The third kappa shape index (κ3) is 3.45. The van der Waals surface area contributed by atoms with Gasteiger partial charge in [-0.05, 0) is 18.6 Å². The number of carbonyl (C=O) groups excluding carboxylic acids is 1. The van der Waals surface area contributed by atoms with Crippen molar-refractivity contribution in [3.05, 3.63) is 70.1 Å². The van der Waals surface area contributed by atoms with Crippen LogP contribution in [-0.4, -0.2) is 10.8 Å². The number of hydrogen-bond donors (Lipinski definition) is 1. The van der Waals surface area contributed by atoms with Crippen LogP contribution in [0.15, 0.2) is 53.3 Å². The monoisotopic (exact) mass is 258 g/mol. The smallest absolute Gasteiger partial charge is 0.426 e. The Kier molecular flexibility index (Phi) is 3.97. The van der Waals surface area contributed by atoms with Crippen LogP contribution in [0.5, 0.6) is 0 Å². The van der Waals surface area contributed by atoms with E-state index in [1.54, 1.807) is 19.1 Å². The van der Waals surface area contributed by atoms with Crippen molar-refractivity contribution in [1.29, 1.82) is 0 Å². The van der Waals surface area contributed by atoms with Crippen LogP contribution in [0.3, 0.4) is 0 Å². The lowest BCUT2D eigenvalue weighted by atomic mass is 10.2. The zero-order valence-electron chi connectivity index (χ0n) is 10.5. The number of amides is 1. The molecule has 0 atom stereocenters. The summed E-state index contributed by atoms with van der Waals surface area (Å²) in [4.78, 5) is 23.1. The lowest BCUT2D eigenvalue weighted by Crippen LogP contribution is -2.34. The van der Waals surface area contributed by atoms with Gasteiger partial charge in [0, 0.05) is 11.8 Å². The standard InChI is InChI=1S/C14H14N2O3/c1-11-6-5-9-13(17)16(11)15-14(18)19-10-12-7-3-2-4-8-12/h2-9H,10H2,1H3,(H,15,18). The molecule has 1 N–H and O–H groups in total. The molecule has 0 saturated carbocycles. The SMILES string of the molecule is Cc1cccc(=O)n1NC(=O)OCc1ccccc1. The summed E-state index contributed by atoms with van der Waals surface area (Å²) in [5.74, 6) is 0. The molecule has 2 aromatic rings. The van der Waals surface area contributed by atoms with E-state index in [-0.39, 0.29) is 12.2 Å². The first-order valence-electron chi connectivity index (χ1n) is 5.83. The van der Waals surface area contributed by atoms with Crippen molar-refractivity contribution in [3.8, 4) is 0 Å². The fourth-order valence-corrected chi connectivity index (χ4v) is 1.58. The second kappa shape index (κ2) is 5.86. The van der Waals surface area contributed by atoms with E-state index in [9.17, 15) is 9.59 Å². The predicted octanol–water partition coefficient (Wildman–Crippen LogP) is 2.04. The van der Waals surface area contributed by atoms with Gasteiger partial charge in [-0.3, -0.25) is 4.79 Å². The van der Waals surface area contributed by atoms with Gasteiger partial charge in [0.1, 0.15) is 6.61 Å². The number of nitrogens with one attached hydrogen (secondary N) is 1. The molecule has 0 bridgehead atoms. The van der Waals surface area contributed by atoms with E-state index in [4.69, 9.17) is 4.74 Å². The van der Waals surface area contributed by atoms with Crippen LogP contribution in [0.2, 0.25) is 0 Å². The van der Waals surface area contributed by atoms with Gasteiger partial charge < -0.3 is 4.74 Å². The highest BCUT2D eigenvalue weighted by atomic mass is 16.6. The maximum Gasteiger partial charge on any atom is 0.426 e. The maximum absolute atomic E-state index is 11.6. The molecule has 0 spiro atoms. The van der Waals surface area contributed by atoms with E-state index in [2.05, 4.69) is 5.43 Å². The van der Waals surface area contributed by atoms with Crippen LogP contribution in [0.25, 0.3) is 0 Å². The molecule has 1 aromatic heterocycles. The van der Waals surface area contributed by atoms with Gasteiger partial charge in [0.15, 0.2) is 0 Å². The predicted molar refractivity (Wildman–Crippen MR) is 71.4 cm³/mol. The van der Waals surface area contributed by atoms with Crippen molar-refractivity contribution < 1.29 is 9.53 Å². The van der Waals surface area contributed by atoms with Gasteiger partial charge in [-0.15, -0.1) is 0 Å². The normalized spacial score (nSPS) is 9.95. The summed E-state index contributed by atoms with van der Waals surface area (Å²) in [6, 6.07) is 14.0. The van der Waals surface area contributed by atoms with Crippen molar-refractivity contribution in [2.75, 3.05) is 5.43 Å². The Morgan fingerprint density at radius 3 is 2.58 bits per heavy atom. The Balaban J connectivity index is 1.97. The molecule has 0 aliphatic carbocycles. The summed E-state index contributed by atoms with van der Waals surface area (Å²) < 4.78 is 6.18. The van der Waals surface area contributed by atoms with Crippen LogP contribution in [0.4, 0.5) is 4.79 Å². The maximum atomic E-state index is 11.6. The summed E-state index contributed by atoms with van der Waals surface area (Å²) in [6.07, 6.45) is -0.666. The van der Waals surface area contributed by atoms with E-state index in [1.165, 1.54) is 6.07 Å². The van der Waals surface area contributed by atoms with Gasteiger partial charge >= 0.3 is 6.09 Å². The summed E-state index contributed by atoms with van der Waals surface area (Å²) in [5.41, 5.74) is 3.60. The van der Waals surface area contributed by atoms with E-state index < -0.39 is 6.09 Å². The molecule has 1 aromatic carbocycles. The molecule has 98 valence electrons. The van der Waals surface area contributed by atoms with Gasteiger partial charge in [-0.2, -0.15) is 0 Å². The summed E-state index contributed by atoms with van der Waals surface area (Å²) in [6.45, 7) is 1.88. The Bertz CT molecular complexity index is 620. The van der Waals surface area contributed by atoms with Gasteiger partial charge in [-0.1, -0.05) is 36.4 Å². The molecule has 1 amide bonds. The summed E-state index contributed by atoms with van der Waals surface area (Å²) in [7, 11) is 0. The van der Waals surface area contributed by atoms with E-state index in [0.717, 1.165) is 10.2 Å². The molecule has 19 heavy (non-hydrogen) atoms. The van der Waals surface area contributed by atoms with Gasteiger partial charge in [-0.25, -0.2) is 14.9 Å². The molecule has 1 heterocycles. The summed E-state index contributed by atoms with van der Waals surface area (Å²) >= 11 is 0. The lowest BCUT2D eigenvalue weighted by molar-refractivity contribution is 0.151. The highest BCUT2D eigenvalue weighted by molar-refractivity contribution is 5.75. The highest BCUT2D eigenvalue weighted by Crippen LogP contribution is 2.00. The largest absolute Gasteiger partial charge is 0.443 e. The van der Waals surface area contributed by atoms with E-state index >= 15 is 0 Å². The van der Waals surface area contributed by atoms with E-state index in [1.807, 2.05) is 30.3 Å². The first-order valence-corrected chi connectivity index (χ1v) is 5.83. The van der Waals surface area contributed by atoms with Crippen molar-refractivity contribution in [2.45, 2.75) is 13.5 Å². The molecular weight excluding hydrogens is 244 g/mol. The van der Waals surface area contributed by atoms with Crippen molar-refractivity contribution in [3.63, 3.8) is 0 Å². The fourth-order valence-electron chi connectivity index (χ4n) is 1.58. The second-order valence-corrected chi connectivity index (χ2v) is 4.01. The molecule has 5 heteroatoms. The number of rotatable bonds is 3. The number of pyridine rings is 1. The Labute approximate surface area is 110 Å². The van der Waals surface area contributed by atoms with Gasteiger partial charge in [0.05, 0.1) is 0 Å². The average molecular weight is 258 g/mol. The van der Waals surface area contributed by atoms with Crippen molar-refractivity contribution in [2.24, 2.45) is 0 Å². The van der Waals surface area contributed by atoms with Crippen LogP contribution in [0.1, 0.15) is 11.3 Å². The molecule has 0 aliphatic heterocycles. The van der Waals surface area contributed by atoms with Crippen LogP contribution >= 0.6 is 0 Å². The van der Waals surface area contributed by atoms with E-state index in [0.29, 0.717) is 5.69 Å². The molecule has 0 aliphatic rings. The van der Waals surface area contributed by atoms with Crippen molar-refractivity contribution >= 4 is 6.09 Å². The summed E-state index contributed by atoms with van der Waals surface area (Å²) in [5, 5.41) is 0. The minimum absolute atomic E-state index is 0.160. The number of carbonyl (C=O) groups is 1. The third-order valence-corrected chi connectivity index (χ3v) is 2.57. The molecule has 0 radical (unpaired) electrons. The molecule has 0 fully saturated rings. The number of ether oxygens (including phenoxy) is 1. The highest BCUT2D eigenvalue weighted by Gasteiger charge is 2.06. The van der Waals surface area contributed by atoms with Crippen molar-refractivity contribution in [1.82, 2.24) is 4.68 Å². The lowest BCUT2D eigenvalue weighted by Gasteiger charge is -2.11. The fraction of sp³-hybridized carbons (Fsp3) is 0.143. The first kappa shape index (κ1) is 12.9. The van der Waals surface area contributed by atoms with Gasteiger partial charge in [0.25, 0.3) is 5.56 Å². The quantitative estimate of drug-likeness (QED) is 0.916. The zero-order chi connectivity index (χ0) is 13.7. The minimum Gasteiger partial charge on any atom is -0.443 e. The molecule has 2 rings (SSSR count). The number of nitrogens with zero attached hydrogens (tertiary/aromatic N) is 1. The second-order valence-electron chi connectivity index (χ2n) is 4.01. The molecular formula is C14H14N2O3. The topological polar surface area (TPSA) is 60.3 Å². The van der Waals surface area contributed by atoms with Crippen LogP contribution in [-0.2, 0) is 11.3 Å². The third-order valence-electron chi connectivity index (χ3n) is 2.57. The average Bonchev–Trinajstić information content (AvgIpc) is 2.42.